The summed E-state index contributed by atoms with van der Waals surface area (Å²) in [6.45, 7) is 0. The number of halogens is 3. The Kier molecular flexibility index (Phi) is 5.83. The lowest BCUT2D eigenvalue weighted by molar-refractivity contribution is -0.127. The number of hydrogen-bond donors (Lipinski definition) is 3. The van der Waals surface area contributed by atoms with E-state index in [1.54, 1.807) is 24.3 Å². The third-order valence-corrected chi connectivity index (χ3v) is 7.79. The predicted octanol–water partition coefficient (Wildman–Crippen LogP) is 4.12. The molecule has 1 spiro atoms. The highest BCUT2D eigenvalue weighted by Gasteiger charge is 2.57. The van der Waals surface area contributed by atoms with Gasteiger partial charge in [0.15, 0.2) is 5.78 Å². The molecule has 4 atom stereocenters. The molecule has 1 saturated heterocycles. The zero-order valence-corrected chi connectivity index (χ0v) is 19.6. The van der Waals surface area contributed by atoms with Crippen molar-refractivity contribution in [3.05, 3.63) is 35.0 Å². The lowest BCUT2D eigenvalue weighted by atomic mass is 9.92. The van der Waals surface area contributed by atoms with Crippen LogP contribution in [0.15, 0.2) is 24.3 Å². The van der Waals surface area contributed by atoms with Gasteiger partial charge in [0.2, 0.25) is 11.8 Å². The average Bonchev–Trinajstić information content (AvgIpc) is 3.56. The fourth-order valence-corrected chi connectivity index (χ4v) is 5.35. The number of nitriles is 1. The standard InChI is InChI=1S/C25H25ClF2N4O3/c26-18-3-1-2-13-8-19(31-21(13)18)20(33)9-14(6-16-11-25(16,27)28)22(34)30-17(12-29)7-15-10-24(4-5-24)32-23(15)35/h1-3,8,14-17,31H,4-7,9-11H2,(H,30,34)(H,32,35)/t14-,15-,16?,17+/m1/s1. The topological polar surface area (TPSA) is 115 Å². The molecule has 1 aliphatic heterocycles. The first-order chi connectivity index (χ1) is 16.6. The second-order valence-corrected chi connectivity index (χ2v) is 10.6. The van der Waals surface area contributed by atoms with Gasteiger partial charge < -0.3 is 15.6 Å². The number of ketones is 1. The monoisotopic (exact) mass is 502 g/mol. The van der Waals surface area contributed by atoms with Crippen LogP contribution in [0.1, 0.15) is 55.4 Å². The van der Waals surface area contributed by atoms with Gasteiger partial charge in [0, 0.05) is 41.5 Å². The van der Waals surface area contributed by atoms with Gasteiger partial charge in [-0.2, -0.15) is 5.26 Å². The first kappa shape index (κ1) is 23.7. The van der Waals surface area contributed by atoms with Gasteiger partial charge >= 0.3 is 0 Å². The van der Waals surface area contributed by atoms with Crippen LogP contribution in [-0.4, -0.2) is 40.1 Å². The summed E-state index contributed by atoms with van der Waals surface area (Å²) in [5, 5.41) is 16.3. The van der Waals surface area contributed by atoms with Gasteiger partial charge in [-0.15, -0.1) is 0 Å². The van der Waals surface area contributed by atoms with Crippen LogP contribution in [0.5, 0.6) is 0 Å². The second kappa shape index (κ2) is 8.59. The van der Waals surface area contributed by atoms with Crippen LogP contribution in [0.3, 0.4) is 0 Å². The van der Waals surface area contributed by atoms with Crippen molar-refractivity contribution >= 4 is 40.1 Å². The maximum absolute atomic E-state index is 13.7. The molecular weight excluding hydrogens is 478 g/mol. The highest BCUT2D eigenvalue weighted by molar-refractivity contribution is 6.35. The maximum Gasteiger partial charge on any atom is 0.251 e. The van der Waals surface area contributed by atoms with Crippen LogP contribution in [0.4, 0.5) is 8.78 Å². The molecule has 2 heterocycles. The molecule has 35 heavy (non-hydrogen) atoms. The van der Waals surface area contributed by atoms with Gasteiger partial charge in [0.05, 0.1) is 22.3 Å². The summed E-state index contributed by atoms with van der Waals surface area (Å²) >= 11 is 6.17. The fourth-order valence-electron chi connectivity index (χ4n) is 5.12. The third-order valence-electron chi connectivity index (χ3n) is 7.48. The van der Waals surface area contributed by atoms with E-state index in [1.165, 1.54) is 0 Å². The highest BCUT2D eigenvalue weighted by atomic mass is 35.5. The average molecular weight is 503 g/mol. The van der Waals surface area contributed by atoms with E-state index in [9.17, 15) is 28.4 Å². The molecule has 3 aliphatic rings. The van der Waals surface area contributed by atoms with E-state index in [-0.39, 0.29) is 48.7 Å². The molecule has 3 fully saturated rings. The summed E-state index contributed by atoms with van der Waals surface area (Å²) in [6.07, 6.45) is 1.84. The summed E-state index contributed by atoms with van der Waals surface area (Å²) in [5.74, 6) is -6.37. The second-order valence-electron chi connectivity index (χ2n) is 10.2. The summed E-state index contributed by atoms with van der Waals surface area (Å²) in [7, 11) is 0. The molecule has 0 radical (unpaired) electrons. The smallest absolute Gasteiger partial charge is 0.251 e. The van der Waals surface area contributed by atoms with Crippen LogP contribution in [0, 0.1) is 29.1 Å². The number of nitrogens with one attached hydrogen (secondary N) is 3. The number of carbonyl (C=O) groups excluding carboxylic acids is 3. The number of nitrogens with zero attached hydrogens (tertiary/aromatic N) is 1. The Morgan fingerprint density at radius 1 is 1.26 bits per heavy atom. The molecule has 1 aromatic heterocycles. The number of para-hydroxylation sites is 1. The lowest BCUT2D eigenvalue weighted by Gasteiger charge is -2.20. The highest BCUT2D eigenvalue weighted by Crippen LogP contribution is 2.52. The molecule has 3 N–H and O–H groups in total. The summed E-state index contributed by atoms with van der Waals surface area (Å²) in [6, 6.07) is 7.89. The minimum Gasteiger partial charge on any atom is -0.351 e. The maximum atomic E-state index is 13.7. The van der Waals surface area contributed by atoms with Crippen molar-refractivity contribution in [1.29, 1.82) is 5.26 Å². The van der Waals surface area contributed by atoms with Crippen molar-refractivity contribution in [2.75, 3.05) is 0 Å². The summed E-state index contributed by atoms with van der Waals surface area (Å²) in [4.78, 5) is 41.3. The number of carbonyl (C=O) groups is 3. The van der Waals surface area contributed by atoms with Crippen molar-refractivity contribution in [2.45, 2.75) is 62.4 Å². The Labute approximate surface area is 205 Å². The Morgan fingerprint density at radius 3 is 2.60 bits per heavy atom. The molecule has 2 aromatic rings. The number of fused-ring (bicyclic) bond motifs is 1. The van der Waals surface area contributed by atoms with E-state index >= 15 is 0 Å². The summed E-state index contributed by atoms with van der Waals surface area (Å²) in [5.41, 5.74) is 0.670. The number of benzene rings is 1. The molecule has 2 saturated carbocycles. The minimum atomic E-state index is -2.84. The van der Waals surface area contributed by atoms with E-state index in [2.05, 4.69) is 15.6 Å². The number of alkyl halides is 2. The molecule has 10 heteroatoms. The van der Waals surface area contributed by atoms with Crippen molar-refractivity contribution in [1.82, 2.24) is 15.6 Å². The molecule has 7 nitrogen and oxygen atoms in total. The van der Waals surface area contributed by atoms with Crippen LogP contribution in [0.2, 0.25) is 5.02 Å². The normalized spacial score (nSPS) is 25.0. The number of hydrogen-bond acceptors (Lipinski definition) is 4. The van der Waals surface area contributed by atoms with E-state index in [0.717, 1.165) is 18.2 Å². The van der Waals surface area contributed by atoms with E-state index < -0.39 is 35.5 Å². The number of aromatic amines is 1. The Morgan fingerprint density at radius 2 is 2.00 bits per heavy atom. The quantitative estimate of drug-likeness (QED) is 0.447. The Balaban J connectivity index is 1.27. The Bertz CT molecular complexity index is 1250. The van der Waals surface area contributed by atoms with Gasteiger partial charge in [0.1, 0.15) is 6.04 Å². The van der Waals surface area contributed by atoms with Gasteiger partial charge in [-0.05, 0) is 44.2 Å². The third kappa shape index (κ3) is 4.90. The molecule has 1 unspecified atom stereocenters. The van der Waals surface area contributed by atoms with Crippen molar-refractivity contribution in [3.63, 3.8) is 0 Å². The number of H-pyrrole nitrogens is 1. The predicted molar refractivity (Wildman–Crippen MR) is 124 cm³/mol. The van der Waals surface area contributed by atoms with Crippen molar-refractivity contribution < 1.29 is 23.2 Å². The molecule has 2 amide bonds. The SMILES string of the molecule is N#C[C@H](C[C@@H]1CC2(CC2)NC1=O)NC(=O)[C@@H](CC(=O)c1cc2cccc(Cl)c2[nH]1)CC1CC1(F)F. The fraction of sp³-hybridized carbons (Fsp3) is 0.520. The zero-order chi connectivity index (χ0) is 25.0. The van der Waals surface area contributed by atoms with Crippen molar-refractivity contribution in [3.8, 4) is 6.07 Å². The molecule has 1 aromatic carbocycles. The molecular formula is C25H25ClF2N4O3. The van der Waals surface area contributed by atoms with E-state index in [1.807, 2.05) is 6.07 Å². The largest absolute Gasteiger partial charge is 0.351 e. The van der Waals surface area contributed by atoms with E-state index in [0.29, 0.717) is 17.0 Å². The molecule has 2 aliphatic carbocycles. The Hall–Kier alpha value is -2.99. The number of amides is 2. The first-order valence-electron chi connectivity index (χ1n) is 11.8. The zero-order valence-electron chi connectivity index (χ0n) is 18.9. The molecule has 184 valence electrons. The van der Waals surface area contributed by atoms with Gasteiger partial charge in [-0.3, -0.25) is 14.4 Å². The lowest BCUT2D eigenvalue weighted by Crippen LogP contribution is -2.41. The molecule has 0 bridgehead atoms. The van der Waals surface area contributed by atoms with Gasteiger partial charge in [0.25, 0.3) is 5.92 Å². The van der Waals surface area contributed by atoms with Gasteiger partial charge in [-0.1, -0.05) is 23.7 Å². The van der Waals surface area contributed by atoms with Crippen LogP contribution in [0.25, 0.3) is 10.9 Å². The van der Waals surface area contributed by atoms with E-state index in [4.69, 9.17) is 11.6 Å². The minimum absolute atomic E-state index is 0.126. The number of aromatic nitrogens is 1. The van der Waals surface area contributed by atoms with Crippen LogP contribution < -0.4 is 10.6 Å². The first-order valence-corrected chi connectivity index (χ1v) is 12.2. The van der Waals surface area contributed by atoms with Crippen LogP contribution in [-0.2, 0) is 9.59 Å². The number of Topliss-reactive ketones (excluding diaryl/α,β-unsaturated/α-hetero) is 1. The van der Waals surface area contributed by atoms with Crippen molar-refractivity contribution in [2.24, 2.45) is 17.8 Å². The summed E-state index contributed by atoms with van der Waals surface area (Å²) < 4.78 is 27.3. The number of rotatable bonds is 9. The van der Waals surface area contributed by atoms with Crippen LogP contribution >= 0.6 is 11.6 Å². The molecule has 5 rings (SSSR count). The van der Waals surface area contributed by atoms with Gasteiger partial charge in [-0.25, -0.2) is 8.78 Å².